The molecule has 4 aromatic carbocycles. The Bertz CT molecular complexity index is 2140. The molecule has 0 saturated heterocycles. The first-order valence-electron chi connectivity index (χ1n) is 15.5. The largest absolute Gasteiger partial charge is 0.423 e. The van der Waals surface area contributed by atoms with E-state index in [1.807, 2.05) is 0 Å². The van der Waals surface area contributed by atoms with Crippen LogP contribution in [0.3, 0.4) is 0 Å². The molecule has 51 heavy (non-hydrogen) atoms. The number of esters is 4. The molecule has 0 aliphatic heterocycles. The van der Waals surface area contributed by atoms with Crippen LogP contribution in [0.1, 0.15) is 38.8 Å². The Labute approximate surface area is 295 Å². The number of halogens is 1. The summed E-state index contributed by atoms with van der Waals surface area (Å²) in [6.07, 6.45) is 3.10. The van der Waals surface area contributed by atoms with Gasteiger partial charge in [0, 0.05) is 51.1 Å². The van der Waals surface area contributed by atoms with E-state index in [4.69, 9.17) is 18.9 Å². The van der Waals surface area contributed by atoms with Crippen LogP contribution in [0.5, 0.6) is 23.0 Å². The van der Waals surface area contributed by atoms with Crippen LogP contribution in [0, 0.1) is 5.82 Å². The van der Waals surface area contributed by atoms with Crippen molar-refractivity contribution in [2.75, 3.05) is 0 Å². The number of rotatable bonds is 12. The smallest absolute Gasteiger partial charge is 0.338 e. The van der Waals surface area contributed by atoms with Crippen LogP contribution in [-0.2, 0) is 19.2 Å². The molecule has 0 heterocycles. The second kappa shape index (κ2) is 16.2. The van der Waals surface area contributed by atoms with Crippen LogP contribution >= 0.6 is 0 Å². The van der Waals surface area contributed by atoms with Gasteiger partial charge in [-0.05, 0) is 74.7 Å². The van der Waals surface area contributed by atoms with E-state index in [1.165, 1.54) is 58.0 Å². The maximum Gasteiger partial charge on any atom is 0.338 e. The molecule has 0 aliphatic rings. The minimum atomic E-state index is -0.681. The molecule has 9 heteroatoms. The van der Waals surface area contributed by atoms with E-state index >= 15 is 4.39 Å². The maximum absolute atomic E-state index is 15.4. The van der Waals surface area contributed by atoms with Crippen molar-refractivity contribution in [3.63, 3.8) is 0 Å². The van der Waals surface area contributed by atoms with E-state index in [0.29, 0.717) is 22.3 Å². The molecule has 258 valence electrons. The Morgan fingerprint density at radius 1 is 0.490 bits per heavy atom. The van der Waals surface area contributed by atoms with Gasteiger partial charge in [-0.2, -0.15) is 0 Å². The molecule has 0 unspecified atom stereocenters. The van der Waals surface area contributed by atoms with Crippen LogP contribution < -0.4 is 18.9 Å². The van der Waals surface area contributed by atoms with E-state index in [1.54, 1.807) is 60.7 Å². The third kappa shape index (κ3) is 9.73. The van der Waals surface area contributed by atoms with E-state index in [0.717, 1.165) is 5.56 Å². The highest BCUT2D eigenvalue weighted by Gasteiger charge is 2.16. The average Bonchev–Trinajstić information content (AvgIpc) is 3.08. The molecule has 0 fully saturated rings. The highest BCUT2D eigenvalue weighted by molar-refractivity contribution is 5.92. The zero-order valence-electron chi connectivity index (χ0n) is 28.6. The average molecular weight is 687 g/mol. The van der Waals surface area contributed by atoms with Gasteiger partial charge in [0.2, 0.25) is 0 Å². The summed E-state index contributed by atoms with van der Waals surface area (Å²) in [5, 5.41) is 0. The summed E-state index contributed by atoms with van der Waals surface area (Å²) in [5.74, 6) is -2.55. The molecule has 8 nitrogen and oxygen atoms in total. The first-order valence-corrected chi connectivity index (χ1v) is 15.5. The van der Waals surface area contributed by atoms with Crippen LogP contribution in [0.4, 0.5) is 4.39 Å². The van der Waals surface area contributed by atoms with Crippen molar-refractivity contribution in [1.29, 1.82) is 0 Å². The summed E-state index contributed by atoms with van der Waals surface area (Å²) in [6, 6.07) is 21.1. The molecule has 0 aliphatic carbocycles. The normalized spacial score (nSPS) is 10.6. The molecular weight excluding hydrogens is 651 g/mol. The lowest BCUT2D eigenvalue weighted by Gasteiger charge is -2.13. The van der Waals surface area contributed by atoms with Crippen molar-refractivity contribution >= 4 is 36.0 Å². The van der Waals surface area contributed by atoms with Gasteiger partial charge in [-0.15, -0.1) is 0 Å². The van der Waals surface area contributed by atoms with Crippen molar-refractivity contribution in [2.24, 2.45) is 0 Å². The monoisotopic (exact) mass is 686 g/mol. The van der Waals surface area contributed by atoms with Gasteiger partial charge in [0.15, 0.2) is 0 Å². The Morgan fingerprint density at radius 3 is 1.43 bits per heavy atom. The summed E-state index contributed by atoms with van der Waals surface area (Å²) in [6.45, 7) is 20.4. The van der Waals surface area contributed by atoms with E-state index in [9.17, 15) is 19.2 Å². The van der Waals surface area contributed by atoms with E-state index < -0.39 is 29.7 Å². The van der Waals surface area contributed by atoms with Crippen LogP contribution in [0.15, 0.2) is 127 Å². The lowest BCUT2D eigenvalue weighted by Crippen LogP contribution is -2.11. The molecule has 0 atom stereocenters. The van der Waals surface area contributed by atoms with Crippen molar-refractivity contribution in [3.8, 4) is 45.3 Å². The zero-order chi connectivity index (χ0) is 37.4. The number of hydrogen-bond donors (Lipinski definition) is 0. The number of carbonyl (C=O) groups is 4. The fourth-order valence-corrected chi connectivity index (χ4v) is 4.32. The number of ether oxygens (including phenoxy) is 4. The summed E-state index contributed by atoms with van der Waals surface area (Å²) >= 11 is 0. The minimum absolute atomic E-state index is 0.0865. The van der Waals surface area contributed by atoms with Crippen LogP contribution in [0.2, 0.25) is 0 Å². The quantitative estimate of drug-likeness (QED) is 0.0629. The summed E-state index contributed by atoms with van der Waals surface area (Å²) < 4.78 is 37.0. The Hall–Kier alpha value is -6.61. The molecule has 4 rings (SSSR count). The zero-order valence-corrected chi connectivity index (χ0v) is 28.6. The van der Waals surface area contributed by atoms with Crippen LogP contribution in [-0.4, -0.2) is 23.9 Å². The summed E-state index contributed by atoms with van der Waals surface area (Å²) in [7, 11) is 0. The highest BCUT2D eigenvalue weighted by Crippen LogP contribution is 2.36. The molecule has 0 aromatic heterocycles. The predicted molar refractivity (Wildman–Crippen MR) is 194 cm³/mol. The minimum Gasteiger partial charge on any atom is -0.423 e. The van der Waals surface area contributed by atoms with E-state index in [-0.39, 0.29) is 50.9 Å². The lowest BCUT2D eigenvalue weighted by atomic mass is 9.98. The number of benzene rings is 4. The third-order valence-electron chi connectivity index (χ3n) is 7.13. The Kier molecular flexibility index (Phi) is 11.8. The van der Waals surface area contributed by atoms with Gasteiger partial charge in [0.05, 0.1) is 0 Å². The van der Waals surface area contributed by atoms with Gasteiger partial charge in [-0.3, -0.25) is 0 Å². The molecule has 0 saturated carbocycles. The molecule has 0 radical (unpaired) electrons. The molecule has 0 spiro atoms. The van der Waals surface area contributed by atoms with Crippen molar-refractivity contribution in [3.05, 3.63) is 144 Å². The van der Waals surface area contributed by atoms with Gasteiger partial charge in [0.1, 0.15) is 28.8 Å². The highest BCUT2D eigenvalue weighted by atomic mass is 19.1. The van der Waals surface area contributed by atoms with E-state index in [2.05, 4.69) is 26.3 Å². The molecule has 4 aromatic rings. The molecule has 0 bridgehead atoms. The standard InChI is InChI=1S/C42H35FO8/c1-24(2)39(44)48-33-18-17-31(37(22-33)50-41(46)26(5)6)15-13-30-14-16-32(21-36(30)43)28-9-11-29(12-10-28)35-20-19-34(49-40(45)25(3)4)23-38(35)51-42(47)27(7)8/h9-23H,1,3,5,7H2,2,4,6,8H3/b15-13+. The third-order valence-corrected chi connectivity index (χ3v) is 7.13. The van der Waals surface area contributed by atoms with Gasteiger partial charge in [-0.1, -0.05) is 74.9 Å². The Morgan fingerprint density at radius 2 is 0.902 bits per heavy atom. The first kappa shape index (κ1) is 37.2. The summed E-state index contributed by atoms with van der Waals surface area (Å²) in [5.41, 5.74) is 4.00. The second-order valence-corrected chi connectivity index (χ2v) is 11.7. The van der Waals surface area contributed by atoms with Gasteiger partial charge < -0.3 is 18.9 Å². The van der Waals surface area contributed by atoms with Crippen LogP contribution in [0.25, 0.3) is 34.4 Å². The molecule has 0 amide bonds. The van der Waals surface area contributed by atoms with Crippen molar-refractivity contribution in [2.45, 2.75) is 27.7 Å². The van der Waals surface area contributed by atoms with Crippen molar-refractivity contribution in [1.82, 2.24) is 0 Å². The van der Waals surface area contributed by atoms with Crippen molar-refractivity contribution < 1.29 is 42.5 Å². The molecule has 0 N–H and O–H groups in total. The van der Waals surface area contributed by atoms with Gasteiger partial charge in [0.25, 0.3) is 0 Å². The predicted octanol–water partition coefficient (Wildman–Crippen LogP) is 9.26. The second-order valence-electron chi connectivity index (χ2n) is 11.7. The number of carbonyl (C=O) groups excluding carboxylic acids is 4. The van der Waals surface area contributed by atoms with Gasteiger partial charge >= 0.3 is 23.9 Å². The summed E-state index contributed by atoms with van der Waals surface area (Å²) in [4.78, 5) is 48.7. The molecular formula is C42H35FO8. The fraction of sp³-hybridized carbons (Fsp3) is 0.0952. The fourth-order valence-electron chi connectivity index (χ4n) is 4.32. The topological polar surface area (TPSA) is 105 Å². The first-order chi connectivity index (χ1) is 24.1. The van der Waals surface area contributed by atoms with Gasteiger partial charge in [-0.25, -0.2) is 23.6 Å². The lowest BCUT2D eigenvalue weighted by molar-refractivity contribution is -0.131. The Balaban J connectivity index is 1.59. The maximum atomic E-state index is 15.4. The SMILES string of the molecule is C=C(C)C(=O)Oc1ccc(/C=C/c2ccc(-c3ccc(-c4ccc(OC(=O)C(=C)C)cc4OC(=O)C(=C)C)cc3)cc2F)c(OC(=O)C(=C)C)c1. The number of hydrogen-bond acceptors (Lipinski definition) is 8.